The van der Waals surface area contributed by atoms with Gasteiger partial charge in [-0.3, -0.25) is 0 Å². The maximum absolute atomic E-state index is 10.2. The molecule has 0 aromatic heterocycles. The highest BCUT2D eigenvalue weighted by atomic mass is 79.9. The second kappa shape index (κ2) is 5.37. The molecule has 0 unspecified atom stereocenters. The molecule has 0 aliphatic carbocycles. The predicted molar refractivity (Wildman–Crippen MR) is 72.7 cm³/mol. The summed E-state index contributed by atoms with van der Waals surface area (Å²) in [5.41, 5.74) is 0.488. The van der Waals surface area contributed by atoms with Crippen LogP contribution in [0.15, 0.2) is 27.4 Å². The Balaban J connectivity index is 3.67. The van der Waals surface area contributed by atoms with Gasteiger partial charge in [0.15, 0.2) is 0 Å². The molecule has 0 bridgehead atoms. The fourth-order valence-corrected chi connectivity index (χ4v) is 3.94. The zero-order valence-electron chi connectivity index (χ0n) is 6.25. The molecule has 7 heteroatoms. The molecule has 1 rings (SSSR count). The zero-order valence-corrected chi connectivity index (χ0v) is 14.2. The van der Waals surface area contributed by atoms with Gasteiger partial charge in [0.05, 0.1) is 8.95 Å². The van der Waals surface area contributed by atoms with Gasteiger partial charge in [0, 0.05) is 13.4 Å². The normalized spacial score (nSPS) is 9.79. The molecule has 0 radical (unpaired) electrons. The number of rotatable bonds is 1. The summed E-state index contributed by atoms with van der Waals surface area (Å²) >= 11 is 16.7. The third-order valence-corrected chi connectivity index (χ3v) is 7.40. The van der Waals surface area contributed by atoms with E-state index in [-0.39, 0.29) is 0 Å². The Bertz CT molecular complexity index is 409. The van der Waals surface area contributed by atoms with Gasteiger partial charge in [-0.05, 0) is 79.6 Å². The molecule has 0 atom stereocenters. The summed E-state index contributed by atoms with van der Waals surface area (Å²) < 4.78 is 3.76. The van der Waals surface area contributed by atoms with Gasteiger partial charge in [-0.1, -0.05) is 0 Å². The molecule has 2 nitrogen and oxygen atoms in total. The quantitative estimate of drug-likeness (QED) is 0.212. The summed E-state index contributed by atoms with van der Waals surface area (Å²) in [6.07, 6.45) is 1.50. The smallest absolute Gasteiger partial charge is 0.211 e. The fourth-order valence-electron chi connectivity index (χ4n) is 0.737. The average Bonchev–Trinajstić information content (AvgIpc) is 2.19. The Morgan fingerprint density at radius 3 is 1.50 bits per heavy atom. The van der Waals surface area contributed by atoms with Crippen molar-refractivity contribution in [1.29, 1.82) is 0 Å². The first-order valence-electron chi connectivity index (χ1n) is 3.10. The van der Waals surface area contributed by atoms with Crippen LogP contribution < -0.4 is 0 Å². The van der Waals surface area contributed by atoms with Crippen molar-refractivity contribution in [2.75, 3.05) is 0 Å². The van der Waals surface area contributed by atoms with E-state index in [2.05, 4.69) is 84.6 Å². The van der Waals surface area contributed by atoms with E-state index in [1.54, 1.807) is 0 Å². The van der Waals surface area contributed by atoms with Gasteiger partial charge >= 0.3 is 0 Å². The molecule has 1 aromatic carbocycles. The number of carbonyl (C=O) groups excluding carboxylic acids is 1. The standard InChI is InChI=1S/C7Br5NO/c8-2-3(9)5(11)7(13-1-14)6(12)4(2)10. The summed E-state index contributed by atoms with van der Waals surface area (Å²) in [5, 5.41) is 0. The number of hydrogen-bond acceptors (Lipinski definition) is 2. The van der Waals surface area contributed by atoms with Crippen LogP contribution in [0.1, 0.15) is 0 Å². The highest BCUT2D eigenvalue weighted by molar-refractivity contribution is 9.15. The molecule has 0 saturated heterocycles. The monoisotopic (exact) mass is 509 g/mol. The van der Waals surface area contributed by atoms with E-state index in [1.165, 1.54) is 6.08 Å². The van der Waals surface area contributed by atoms with Gasteiger partial charge < -0.3 is 0 Å². The Hall–Kier alpha value is 1.000. The third-order valence-electron chi connectivity index (χ3n) is 1.34. The van der Waals surface area contributed by atoms with Crippen LogP contribution in [0, 0.1) is 0 Å². The first-order chi connectivity index (χ1) is 6.50. The SMILES string of the molecule is O=C=Nc1c(Br)c(Br)c(Br)c(Br)c1Br. The minimum absolute atomic E-state index is 0.488. The van der Waals surface area contributed by atoms with E-state index in [9.17, 15) is 4.79 Å². The Kier molecular flexibility index (Phi) is 5.01. The molecule has 0 spiro atoms. The number of halogens is 5. The maximum atomic E-state index is 10.2. The predicted octanol–water partition coefficient (Wildman–Crippen LogP) is 5.47. The fraction of sp³-hybridized carbons (Fsp3) is 0. The number of benzene rings is 1. The molecule has 0 amide bonds. The van der Waals surface area contributed by atoms with E-state index in [4.69, 9.17) is 0 Å². The molecule has 0 heterocycles. The lowest BCUT2D eigenvalue weighted by Crippen LogP contribution is -1.81. The van der Waals surface area contributed by atoms with Crippen molar-refractivity contribution in [3.63, 3.8) is 0 Å². The van der Waals surface area contributed by atoms with E-state index in [0.29, 0.717) is 14.6 Å². The second-order valence-corrected chi connectivity index (χ2v) is 6.09. The summed E-state index contributed by atoms with van der Waals surface area (Å²) in [4.78, 5) is 13.8. The molecule has 0 N–H and O–H groups in total. The molecule has 1 aromatic rings. The largest absolute Gasteiger partial charge is 0.240 e. The maximum Gasteiger partial charge on any atom is 0.240 e. The van der Waals surface area contributed by atoms with E-state index in [0.717, 1.165) is 13.4 Å². The van der Waals surface area contributed by atoms with Gasteiger partial charge in [0.1, 0.15) is 5.69 Å². The van der Waals surface area contributed by atoms with Gasteiger partial charge in [-0.15, -0.1) is 0 Å². The lowest BCUT2D eigenvalue weighted by atomic mass is 10.3. The Labute approximate surface area is 122 Å². The zero-order chi connectivity index (χ0) is 10.9. The van der Waals surface area contributed by atoms with Crippen LogP contribution in [0.2, 0.25) is 0 Å². The van der Waals surface area contributed by atoms with E-state index in [1.807, 2.05) is 0 Å². The molecular weight excluding hydrogens is 514 g/mol. The van der Waals surface area contributed by atoms with Crippen molar-refractivity contribution in [3.05, 3.63) is 22.4 Å². The minimum Gasteiger partial charge on any atom is -0.211 e. The van der Waals surface area contributed by atoms with Gasteiger partial charge in [-0.25, -0.2) is 4.79 Å². The Morgan fingerprint density at radius 2 is 1.14 bits per heavy atom. The molecule has 74 valence electrons. The van der Waals surface area contributed by atoms with Crippen molar-refractivity contribution >= 4 is 91.4 Å². The van der Waals surface area contributed by atoms with E-state index < -0.39 is 0 Å². The highest BCUT2D eigenvalue weighted by Gasteiger charge is 2.16. The highest BCUT2D eigenvalue weighted by Crippen LogP contribution is 2.48. The number of isocyanates is 1. The Morgan fingerprint density at radius 1 is 0.786 bits per heavy atom. The van der Waals surface area contributed by atoms with E-state index >= 15 is 0 Å². The number of nitrogens with zero attached hydrogens (tertiary/aromatic N) is 1. The summed E-state index contributed by atoms with van der Waals surface area (Å²) in [6.45, 7) is 0. The van der Waals surface area contributed by atoms with Crippen molar-refractivity contribution in [2.24, 2.45) is 4.99 Å². The van der Waals surface area contributed by atoms with Gasteiger partial charge in [0.2, 0.25) is 6.08 Å². The van der Waals surface area contributed by atoms with Crippen LogP contribution in [-0.2, 0) is 4.79 Å². The number of hydrogen-bond donors (Lipinski definition) is 0. The van der Waals surface area contributed by atoms with Crippen molar-refractivity contribution < 1.29 is 4.79 Å². The van der Waals surface area contributed by atoms with Crippen LogP contribution in [-0.4, -0.2) is 6.08 Å². The van der Waals surface area contributed by atoms with Gasteiger partial charge in [-0.2, -0.15) is 4.99 Å². The van der Waals surface area contributed by atoms with Crippen LogP contribution in [0.5, 0.6) is 0 Å². The van der Waals surface area contributed by atoms with Crippen molar-refractivity contribution in [3.8, 4) is 0 Å². The molecule has 0 saturated carbocycles. The number of aliphatic imine (C=N–C) groups is 1. The van der Waals surface area contributed by atoms with Crippen molar-refractivity contribution in [2.45, 2.75) is 0 Å². The van der Waals surface area contributed by atoms with Crippen LogP contribution in [0.25, 0.3) is 0 Å². The second-order valence-electron chi connectivity index (χ2n) is 2.12. The molecule has 14 heavy (non-hydrogen) atoms. The molecule has 0 aliphatic rings. The van der Waals surface area contributed by atoms with Crippen LogP contribution in [0.4, 0.5) is 5.69 Å². The summed E-state index contributed by atoms with van der Waals surface area (Å²) in [7, 11) is 0. The third kappa shape index (κ3) is 2.39. The molecule has 0 fully saturated rings. The lowest BCUT2D eigenvalue weighted by molar-refractivity contribution is 0.565. The molecule has 0 aliphatic heterocycles. The first-order valence-corrected chi connectivity index (χ1v) is 7.06. The average molecular weight is 514 g/mol. The first kappa shape index (κ1) is 13.1. The summed E-state index contributed by atoms with van der Waals surface area (Å²) in [5.74, 6) is 0. The summed E-state index contributed by atoms with van der Waals surface area (Å²) in [6, 6.07) is 0. The lowest BCUT2D eigenvalue weighted by Gasteiger charge is -2.08. The molecular formula is C7Br5NO. The minimum atomic E-state index is 0.488. The topological polar surface area (TPSA) is 29.4 Å². The van der Waals surface area contributed by atoms with Crippen molar-refractivity contribution in [1.82, 2.24) is 0 Å². The van der Waals surface area contributed by atoms with Gasteiger partial charge in [0.25, 0.3) is 0 Å². The van der Waals surface area contributed by atoms with Crippen LogP contribution >= 0.6 is 79.6 Å². The van der Waals surface area contributed by atoms with Crippen LogP contribution in [0.3, 0.4) is 0 Å².